The Morgan fingerprint density at radius 2 is 1.90 bits per heavy atom. The molecular formula is C32H42FN3O5. The first kappa shape index (κ1) is 33.7. The summed E-state index contributed by atoms with van der Waals surface area (Å²) < 4.78 is 27.2. The summed E-state index contributed by atoms with van der Waals surface area (Å²) in [6.45, 7) is 13.2. The minimum Gasteiger partial charge on any atom is -0.488 e. The first-order chi connectivity index (χ1) is 19.5. The van der Waals surface area contributed by atoms with E-state index >= 15 is 4.39 Å². The molecule has 222 valence electrons. The lowest BCUT2D eigenvalue weighted by atomic mass is 10.1. The van der Waals surface area contributed by atoms with Crippen molar-refractivity contribution in [2.24, 2.45) is 0 Å². The van der Waals surface area contributed by atoms with Crippen molar-refractivity contribution in [3.63, 3.8) is 0 Å². The van der Waals surface area contributed by atoms with E-state index in [1.54, 1.807) is 51.2 Å². The summed E-state index contributed by atoms with van der Waals surface area (Å²) in [6, 6.07) is 10.3. The molecule has 41 heavy (non-hydrogen) atoms. The topological polar surface area (TPSA) is 91.3 Å². The number of halogens is 1. The summed E-state index contributed by atoms with van der Waals surface area (Å²) in [6.07, 6.45) is 4.56. The van der Waals surface area contributed by atoms with Gasteiger partial charge in [0.15, 0.2) is 6.29 Å². The Labute approximate surface area is 243 Å². The predicted octanol–water partition coefficient (Wildman–Crippen LogP) is 4.26. The van der Waals surface area contributed by atoms with Gasteiger partial charge in [-0.25, -0.2) is 4.39 Å². The zero-order valence-electron chi connectivity index (χ0n) is 24.7. The Balaban J connectivity index is 0.00000187. The van der Waals surface area contributed by atoms with Gasteiger partial charge >= 0.3 is 0 Å². The van der Waals surface area contributed by atoms with Crippen LogP contribution < -0.4 is 10.1 Å². The van der Waals surface area contributed by atoms with Crippen LogP contribution in [-0.4, -0.2) is 65.7 Å². The number of carbonyl (C=O) groups is 2. The number of likely N-dealkylation sites (N-methyl/N-ethyl adjacent to an activating group) is 1. The van der Waals surface area contributed by atoms with Crippen molar-refractivity contribution < 1.29 is 28.6 Å². The van der Waals surface area contributed by atoms with Crippen molar-refractivity contribution in [2.45, 2.75) is 72.2 Å². The highest BCUT2D eigenvalue weighted by Gasteiger charge is 2.24. The quantitative estimate of drug-likeness (QED) is 0.225. The third-order valence-electron chi connectivity index (χ3n) is 6.49. The van der Waals surface area contributed by atoms with Gasteiger partial charge in [-0.1, -0.05) is 43.8 Å². The molecule has 2 aromatic rings. The van der Waals surface area contributed by atoms with Crippen LogP contribution in [0.5, 0.6) is 5.75 Å². The molecule has 0 aliphatic carbocycles. The number of aldehydes is 1. The minimum absolute atomic E-state index is 0.0313. The van der Waals surface area contributed by atoms with Crippen LogP contribution in [-0.2, 0) is 29.2 Å². The average molecular weight is 568 g/mol. The molecule has 3 rings (SSSR count). The monoisotopic (exact) mass is 567 g/mol. The van der Waals surface area contributed by atoms with E-state index < -0.39 is 6.23 Å². The number of hydrogen-bond donors (Lipinski definition) is 2. The van der Waals surface area contributed by atoms with Gasteiger partial charge < -0.3 is 19.9 Å². The number of aliphatic hydroxyl groups is 1. The highest BCUT2D eigenvalue weighted by molar-refractivity contribution is 5.79. The number of amides is 1. The SMILES string of the molecule is C#CC.C=C(NC(=O)CC)C(O)N(C)Cc1c(C=O)cccc1OCc1cccc(CN2CC(C)OC(C)C2)c1F. The summed E-state index contributed by atoms with van der Waals surface area (Å²) >= 11 is 0. The summed E-state index contributed by atoms with van der Waals surface area (Å²) in [5.41, 5.74) is 2.04. The summed E-state index contributed by atoms with van der Waals surface area (Å²) in [5.74, 6) is 2.07. The van der Waals surface area contributed by atoms with Gasteiger partial charge in [-0.3, -0.25) is 19.4 Å². The summed E-state index contributed by atoms with van der Waals surface area (Å²) in [7, 11) is 1.63. The van der Waals surface area contributed by atoms with Gasteiger partial charge in [-0.2, -0.15) is 0 Å². The lowest BCUT2D eigenvalue weighted by molar-refractivity contribution is -0.120. The van der Waals surface area contributed by atoms with E-state index in [9.17, 15) is 14.7 Å². The molecule has 8 nitrogen and oxygen atoms in total. The van der Waals surface area contributed by atoms with Crippen LogP contribution in [0.3, 0.4) is 0 Å². The number of hydrogen-bond acceptors (Lipinski definition) is 7. The van der Waals surface area contributed by atoms with Crippen LogP contribution >= 0.6 is 0 Å². The van der Waals surface area contributed by atoms with Crippen molar-refractivity contribution >= 4 is 12.2 Å². The van der Waals surface area contributed by atoms with E-state index in [2.05, 4.69) is 29.1 Å². The number of nitrogens with one attached hydrogen (secondary N) is 1. The molecule has 1 fully saturated rings. The molecule has 3 unspecified atom stereocenters. The number of morpholine rings is 1. The van der Waals surface area contributed by atoms with Gasteiger partial charge in [0.25, 0.3) is 0 Å². The van der Waals surface area contributed by atoms with Crippen LogP contribution in [0.15, 0.2) is 48.7 Å². The van der Waals surface area contributed by atoms with Gasteiger partial charge in [0.2, 0.25) is 5.91 Å². The number of rotatable bonds is 12. The molecule has 9 heteroatoms. The smallest absolute Gasteiger partial charge is 0.223 e. The molecule has 3 atom stereocenters. The molecule has 1 heterocycles. The Kier molecular flexibility index (Phi) is 13.7. The fourth-order valence-corrected chi connectivity index (χ4v) is 4.61. The fraction of sp³-hybridized carbons (Fsp3) is 0.438. The van der Waals surface area contributed by atoms with Crippen molar-refractivity contribution in [3.8, 4) is 18.1 Å². The second-order valence-electron chi connectivity index (χ2n) is 10.1. The molecule has 1 saturated heterocycles. The Bertz CT molecular complexity index is 1220. The number of ether oxygens (including phenoxy) is 2. The maximum absolute atomic E-state index is 15.4. The number of aliphatic hydroxyl groups excluding tert-OH is 1. The van der Waals surface area contributed by atoms with Crippen molar-refractivity contribution in [1.29, 1.82) is 0 Å². The number of benzene rings is 2. The second-order valence-corrected chi connectivity index (χ2v) is 10.1. The zero-order chi connectivity index (χ0) is 30.5. The average Bonchev–Trinajstić information content (AvgIpc) is 2.93. The summed E-state index contributed by atoms with van der Waals surface area (Å²) in [4.78, 5) is 27.2. The molecule has 2 aromatic carbocycles. The number of nitrogens with zero attached hydrogens (tertiary/aromatic N) is 2. The molecule has 0 spiro atoms. The largest absolute Gasteiger partial charge is 0.488 e. The molecule has 0 saturated carbocycles. The molecular weight excluding hydrogens is 525 g/mol. The summed E-state index contributed by atoms with van der Waals surface area (Å²) in [5, 5.41) is 13.2. The lowest BCUT2D eigenvalue weighted by Gasteiger charge is -2.35. The van der Waals surface area contributed by atoms with E-state index in [-0.39, 0.29) is 49.2 Å². The Morgan fingerprint density at radius 3 is 2.51 bits per heavy atom. The van der Waals surface area contributed by atoms with Gasteiger partial charge in [0.05, 0.1) is 17.9 Å². The highest BCUT2D eigenvalue weighted by atomic mass is 19.1. The van der Waals surface area contributed by atoms with E-state index in [1.807, 2.05) is 19.9 Å². The zero-order valence-corrected chi connectivity index (χ0v) is 24.7. The van der Waals surface area contributed by atoms with Crippen LogP contribution in [0.4, 0.5) is 4.39 Å². The van der Waals surface area contributed by atoms with Crippen LogP contribution in [0, 0.1) is 18.2 Å². The van der Waals surface area contributed by atoms with Gasteiger partial charge in [0.1, 0.15) is 24.4 Å². The molecule has 1 amide bonds. The molecule has 0 radical (unpaired) electrons. The first-order valence-corrected chi connectivity index (χ1v) is 13.6. The predicted molar refractivity (Wildman–Crippen MR) is 157 cm³/mol. The normalized spacial score (nSPS) is 17.5. The first-order valence-electron chi connectivity index (χ1n) is 13.6. The van der Waals surface area contributed by atoms with E-state index in [0.717, 1.165) is 13.1 Å². The van der Waals surface area contributed by atoms with Crippen LogP contribution in [0.2, 0.25) is 0 Å². The van der Waals surface area contributed by atoms with Gasteiger partial charge in [-0.05, 0) is 33.9 Å². The lowest BCUT2D eigenvalue weighted by Crippen LogP contribution is -2.44. The fourth-order valence-electron chi connectivity index (χ4n) is 4.61. The van der Waals surface area contributed by atoms with Crippen molar-refractivity contribution in [1.82, 2.24) is 15.1 Å². The minimum atomic E-state index is -1.18. The maximum Gasteiger partial charge on any atom is 0.223 e. The van der Waals surface area contributed by atoms with E-state index in [1.165, 1.54) is 4.90 Å². The van der Waals surface area contributed by atoms with Gasteiger partial charge in [-0.15, -0.1) is 12.3 Å². The molecule has 0 bridgehead atoms. The van der Waals surface area contributed by atoms with Crippen molar-refractivity contribution in [3.05, 3.63) is 76.7 Å². The third kappa shape index (κ3) is 10.1. The van der Waals surface area contributed by atoms with E-state index in [4.69, 9.17) is 9.47 Å². The Morgan fingerprint density at radius 1 is 1.29 bits per heavy atom. The second kappa shape index (κ2) is 16.7. The van der Waals surface area contributed by atoms with E-state index in [0.29, 0.717) is 40.8 Å². The standard InChI is InChI=1S/C29H38FN3O5.C3H4/c1-6-27(35)31-21(4)29(36)32(5)16-25-23(17-34)10-8-12-26(25)37-18-24-11-7-9-22(28(24)30)15-33-13-19(2)38-20(3)14-33;1-3-2/h7-12,17,19-20,29,36H,4,6,13-16,18H2,1-3,5H3,(H,31,35);1H,2H3. The molecule has 1 aliphatic heterocycles. The maximum atomic E-state index is 15.4. The van der Waals surface area contributed by atoms with Gasteiger partial charge in [0, 0.05) is 54.9 Å². The van der Waals surface area contributed by atoms with Crippen LogP contribution in [0.1, 0.15) is 61.2 Å². The molecule has 0 aromatic heterocycles. The Hall–Kier alpha value is -3.55. The third-order valence-corrected chi connectivity index (χ3v) is 6.49. The molecule has 1 aliphatic rings. The highest BCUT2D eigenvalue weighted by Crippen LogP contribution is 2.26. The number of terminal acetylenes is 1. The molecule has 2 N–H and O–H groups in total. The van der Waals surface area contributed by atoms with Crippen molar-refractivity contribution in [2.75, 3.05) is 20.1 Å². The number of carbonyl (C=O) groups excluding carboxylic acids is 2. The van der Waals surface area contributed by atoms with Crippen LogP contribution in [0.25, 0.3) is 0 Å².